The van der Waals surface area contributed by atoms with Crippen LogP contribution >= 0.6 is 12.4 Å². The molecule has 9 heteroatoms. The Balaban J connectivity index is -0.000000411. The largest absolute Gasteiger partial charge is 0.450 e. The number of halogens is 1. The topological polar surface area (TPSA) is 83.1 Å². The van der Waals surface area contributed by atoms with Crippen molar-refractivity contribution in [3.63, 3.8) is 0 Å². The summed E-state index contributed by atoms with van der Waals surface area (Å²) in [7, 11) is 8.04. The molecular weight excluding hydrogens is 372 g/mol. The van der Waals surface area contributed by atoms with Gasteiger partial charge in [0.25, 0.3) is 0 Å². The lowest BCUT2D eigenvalue weighted by atomic mass is 10.4. The van der Waals surface area contributed by atoms with Crippen molar-refractivity contribution >= 4 is 24.6 Å². The number of alkyl carbamates (subject to hydrolysis) is 2. The van der Waals surface area contributed by atoms with Crippen LogP contribution in [0.3, 0.4) is 0 Å². The van der Waals surface area contributed by atoms with Crippen LogP contribution in [0.25, 0.3) is 0 Å². The molecule has 0 aromatic carbocycles. The van der Waals surface area contributed by atoms with Crippen LogP contribution in [-0.4, -0.2) is 89.6 Å². The van der Waals surface area contributed by atoms with Crippen molar-refractivity contribution in [3.8, 4) is 0 Å². The Kier molecular flexibility index (Phi) is 25.7. The molecule has 0 aromatic rings. The number of nitrogens with zero attached hydrogens (tertiary/aromatic N) is 2. The number of nitrogens with one attached hydrogen (secondary N) is 2. The maximum atomic E-state index is 10.9. The van der Waals surface area contributed by atoms with E-state index in [9.17, 15) is 9.59 Å². The predicted molar refractivity (Wildman–Crippen MR) is 113 cm³/mol. The van der Waals surface area contributed by atoms with Gasteiger partial charge in [0, 0.05) is 13.1 Å². The van der Waals surface area contributed by atoms with Gasteiger partial charge in [-0.15, -0.1) is 12.4 Å². The molecule has 0 aliphatic rings. The van der Waals surface area contributed by atoms with E-state index in [1.54, 1.807) is 0 Å². The molecule has 0 rings (SSSR count). The van der Waals surface area contributed by atoms with Gasteiger partial charge in [0.15, 0.2) is 0 Å². The highest BCUT2D eigenvalue weighted by atomic mass is 35.5. The molecule has 0 aromatic heterocycles. The number of ether oxygens (including phenoxy) is 2. The lowest BCUT2D eigenvalue weighted by molar-refractivity contribution is 0.145. The minimum absolute atomic E-state index is 0. The van der Waals surface area contributed by atoms with Gasteiger partial charge < -0.3 is 29.9 Å². The first-order valence-corrected chi connectivity index (χ1v) is 9.44. The number of hydrogen-bond donors (Lipinski definition) is 2. The summed E-state index contributed by atoms with van der Waals surface area (Å²) in [6.45, 7) is 8.27. The van der Waals surface area contributed by atoms with E-state index in [0.29, 0.717) is 26.3 Å². The molecule has 0 bridgehead atoms. The van der Waals surface area contributed by atoms with E-state index in [4.69, 9.17) is 9.47 Å². The maximum Gasteiger partial charge on any atom is 0.407 e. The standard InChI is InChI=1S/2C9H20N2O2.ClH/c2*1-4-8-13-9(12)10-6-5-7-11(2)3;/h2*4-8H2,1-3H3,(H,10,12);1H. The monoisotopic (exact) mass is 412 g/mol. The number of carbonyl (C=O) groups is 2. The molecule has 0 fully saturated rings. The van der Waals surface area contributed by atoms with Gasteiger partial charge in [-0.1, -0.05) is 13.8 Å². The Morgan fingerprint density at radius 3 is 1.33 bits per heavy atom. The molecule has 0 atom stereocenters. The van der Waals surface area contributed by atoms with Gasteiger partial charge in [0.2, 0.25) is 0 Å². The maximum absolute atomic E-state index is 10.9. The molecule has 8 nitrogen and oxygen atoms in total. The summed E-state index contributed by atoms with van der Waals surface area (Å²) < 4.78 is 9.67. The normalized spacial score (nSPS) is 9.78. The van der Waals surface area contributed by atoms with Gasteiger partial charge in [0.1, 0.15) is 0 Å². The van der Waals surface area contributed by atoms with Crippen molar-refractivity contribution < 1.29 is 19.1 Å². The number of amides is 2. The first-order chi connectivity index (χ1) is 12.3. The Morgan fingerprint density at radius 2 is 1.07 bits per heavy atom. The van der Waals surface area contributed by atoms with E-state index < -0.39 is 0 Å². The average molecular weight is 413 g/mol. The molecular formula is C18H41ClN4O4. The van der Waals surface area contributed by atoms with Crippen molar-refractivity contribution in [2.45, 2.75) is 39.5 Å². The number of hydrogen-bond acceptors (Lipinski definition) is 6. The summed E-state index contributed by atoms with van der Waals surface area (Å²) in [5.41, 5.74) is 0. The molecule has 2 N–H and O–H groups in total. The molecule has 27 heavy (non-hydrogen) atoms. The lowest BCUT2D eigenvalue weighted by Gasteiger charge is -2.09. The Labute approximate surface area is 171 Å². The Morgan fingerprint density at radius 1 is 0.741 bits per heavy atom. The average Bonchev–Trinajstić information content (AvgIpc) is 2.59. The van der Waals surface area contributed by atoms with Gasteiger partial charge in [-0.3, -0.25) is 0 Å². The zero-order valence-electron chi connectivity index (χ0n) is 18.0. The predicted octanol–water partition coefficient (Wildman–Crippen LogP) is 2.57. The van der Waals surface area contributed by atoms with Crippen molar-refractivity contribution in [3.05, 3.63) is 0 Å². The summed E-state index contributed by atoms with van der Waals surface area (Å²) in [4.78, 5) is 26.0. The number of rotatable bonds is 12. The van der Waals surface area contributed by atoms with Gasteiger partial charge in [0.05, 0.1) is 13.2 Å². The Hall–Kier alpha value is -1.25. The third-order valence-corrected chi connectivity index (χ3v) is 2.98. The summed E-state index contributed by atoms with van der Waals surface area (Å²) in [6.07, 6.45) is 3.03. The lowest BCUT2D eigenvalue weighted by Crippen LogP contribution is -2.27. The zero-order valence-corrected chi connectivity index (χ0v) is 18.8. The SMILES string of the molecule is CCCOC(=O)NCCCN(C)C.CCCOC(=O)NCCCN(C)C.Cl. The van der Waals surface area contributed by atoms with Crippen LogP contribution in [0.5, 0.6) is 0 Å². The molecule has 164 valence electrons. The second-order valence-electron chi connectivity index (χ2n) is 6.44. The van der Waals surface area contributed by atoms with E-state index in [1.807, 2.05) is 42.0 Å². The van der Waals surface area contributed by atoms with Crippen LogP contribution in [-0.2, 0) is 9.47 Å². The minimum atomic E-state index is -0.305. The molecule has 0 spiro atoms. The molecule has 0 radical (unpaired) electrons. The summed E-state index contributed by atoms with van der Waals surface area (Å²) >= 11 is 0. The highest BCUT2D eigenvalue weighted by Crippen LogP contribution is 1.85. The third kappa shape index (κ3) is 29.8. The van der Waals surface area contributed by atoms with Gasteiger partial charge in [-0.05, 0) is 67.0 Å². The smallest absolute Gasteiger partial charge is 0.407 e. The second kappa shape index (κ2) is 22.8. The zero-order chi connectivity index (χ0) is 20.2. The first kappa shape index (κ1) is 30.5. The van der Waals surface area contributed by atoms with Crippen molar-refractivity contribution in [1.29, 1.82) is 0 Å². The van der Waals surface area contributed by atoms with E-state index in [1.165, 1.54) is 0 Å². The van der Waals surface area contributed by atoms with Gasteiger partial charge >= 0.3 is 12.2 Å². The van der Waals surface area contributed by atoms with Gasteiger partial charge in [-0.2, -0.15) is 0 Å². The van der Waals surface area contributed by atoms with E-state index >= 15 is 0 Å². The van der Waals surface area contributed by atoms with E-state index in [2.05, 4.69) is 20.4 Å². The highest BCUT2D eigenvalue weighted by molar-refractivity contribution is 5.85. The van der Waals surface area contributed by atoms with E-state index in [0.717, 1.165) is 38.8 Å². The van der Waals surface area contributed by atoms with Crippen molar-refractivity contribution in [2.75, 3.05) is 67.6 Å². The first-order valence-electron chi connectivity index (χ1n) is 9.44. The summed E-state index contributed by atoms with van der Waals surface area (Å²) in [6, 6.07) is 0. The summed E-state index contributed by atoms with van der Waals surface area (Å²) in [5, 5.41) is 5.37. The fraction of sp³-hybridized carbons (Fsp3) is 0.889. The summed E-state index contributed by atoms with van der Waals surface area (Å²) in [5.74, 6) is 0. The fourth-order valence-electron chi connectivity index (χ4n) is 1.66. The molecule has 0 heterocycles. The molecule has 2 amide bonds. The van der Waals surface area contributed by atoms with Crippen LogP contribution in [0.2, 0.25) is 0 Å². The van der Waals surface area contributed by atoms with Crippen LogP contribution in [0.1, 0.15) is 39.5 Å². The fourth-order valence-corrected chi connectivity index (χ4v) is 1.66. The van der Waals surface area contributed by atoms with Crippen LogP contribution in [0.15, 0.2) is 0 Å². The van der Waals surface area contributed by atoms with Crippen LogP contribution in [0, 0.1) is 0 Å². The molecule has 0 unspecified atom stereocenters. The Bertz CT molecular complexity index is 313. The molecule has 0 aliphatic carbocycles. The highest BCUT2D eigenvalue weighted by Gasteiger charge is 1.99. The minimum Gasteiger partial charge on any atom is -0.450 e. The second-order valence-corrected chi connectivity index (χ2v) is 6.44. The molecule has 0 saturated carbocycles. The van der Waals surface area contributed by atoms with Crippen LogP contribution in [0.4, 0.5) is 9.59 Å². The van der Waals surface area contributed by atoms with Crippen molar-refractivity contribution in [1.82, 2.24) is 20.4 Å². The van der Waals surface area contributed by atoms with Gasteiger partial charge in [-0.25, -0.2) is 9.59 Å². The van der Waals surface area contributed by atoms with Crippen LogP contribution < -0.4 is 10.6 Å². The molecule has 0 aliphatic heterocycles. The van der Waals surface area contributed by atoms with Crippen molar-refractivity contribution in [2.24, 2.45) is 0 Å². The molecule has 0 saturated heterocycles. The third-order valence-electron chi connectivity index (χ3n) is 2.98. The number of carbonyl (C=O) groups excluding carboxylic acids is 2. The van der Waals surface area contributed by atoms with E-state index in [-0.39, 0.29) is 24.6 Å². The quantitative estimate of drug-likeness (QED) is 0.479.